The van der Waals surface area contributed by atoms with Crippen molar-refractivity contribution in [1.29, 1.82) is 0 Å². The summed E-state index contributed by atoms with van der Waals surface area (Å²) in [5, 5.41) is 2.87. The van der Waals surface area contributed by atoms with Gasteiger partial charge in [-0.25, -0.2) is 0 Å². The van der Waals surface area contributed by atoms with Gasteiger partial charge in [0.1, 0.15) is 0 Å². The summed E-state index contributed by atoms with van der Waals surface area (Å²) in [4.78, 5) is 32.0. The van der Waals surface area contributed by atoms with Crippen LogP contribution in [0.25, 0.3) is 0 Å². The van der Waals surface area contributed by atoms with Gasteiger partial charge in [0, 0.05) is 21.1 Å². The molecule has 0 fully saturated rings. The molecule has 0 bridgehead atoms. The fourth-order valence-electron chi connectivity index (χ4n) is 2.93. The molecule has 0 saturated carbocycles. The molecule has 0 saturated heterocycles. The van der Waals surface area contributed by atoms with Crippen molar-refractivity contribution < 1.29 is 14.5 Å². The summed E-state index contributed by atoms with van der Waals surface area (Å²) < 4.78 is 0. The Bertz CT molecular complexity index is 467. The zero-order valence-corrected chi connectivity index (χ0v) is 19.3. The Morgan fingerprint density at radius 3 is 2.17 bits per heavy atom. The van der Waals surface area contributed by atoms with Gasteiger partial charge in [-0.2, -0.15) is 0 Å². The lowest BCUT2D eigenvalue weighted by molar-refractivity contribution is -0.121. The second-order valence-corrected chi connectivity index (χ2v) is 9.32. The maximum Gasteiger partial charge on any atom is 0.223 e. The smallest absolute Gasteiger partial charge is 0.223 e. The molecule has 0 aromatic heterocycles. The molecule has 0 aromatic rings. The van der Waals surface area contributed by atoms with Gasteiger partial charge in [-0.15, -0.1) is 0 Å². The third kappa shape index (κ3) is 23.0. The van der Waals surface area contributed by atoms with Crippen LogP contribution in [0.15, 0.2) is 24.3 Å². The van der Waals surface area contributed by atoms with Gasteiger partial charge < -0.3 is 15.9 Å². The number of carbonyl (C=O) groups is 2. The first-order valence-corrected chi connectivity index (χ1v) is 13.0. The molecule has 0 aliphatic heterocycles. The normalized spacial score (nSPS) is 12.6. The fraction of sp³-hybridized carbons (Fsp3) is 0.739. The van der Waals surface area contributed by atoms with Crippen molar-refractivity contribution in [3.05, 3.63) is 24.3 Å². The predicted octanol–water partition coefficient (Wildman–Crippen LogP) is 5.18. The Labute approximate surface area is 179 Å². The van der Waals surface area contributed by atoms with Crippen molar-refractivity contribution in [3.63, 3.8) is 0 Å². The summed E-state index contributed by atoms with van der Waals surface area (Å²) >= 11 is 0. The molecule has 0 rings (SSSR count). The van der Waals surface area contributed by atoms with Crippen LogP contribution in [0.1, 0.15) is 90.4 Å². The molecule has 0 aliphatic carbocycles. The number of hydrogen-bond donors (Lipinski definition) is 3. The van der Waals surface area contributed by atoms with Crippen LogP contribution in [0.3, 0.4) is 0 Å². The standard InChI is InChI=1S/C23H43N2O3P/c1-2-3-4-5-6-7-8-9-10-11-12-13-14-15-16-18-23(27)25-19-17-20-29(28)21-22(24)26/h6-7,9-10,28H,2-5,8,11-21H2,1H3,(H2,24,26)(H,25,27). The Morgan fingerprint density at radius 2 is 1.52 bits per heavy atom. The molecule has 1 atom stereocenters. The number of nitrogens with one attached hydrogen (secondary N) is 1. The van der Waals surface area contributed by atoms with Gasteiger partial charge in [-0.3, -0.25) is 9.59 Å². The average molecular weight is 427 g/mol. The zero-order chi connectivity index (χ0) is 21.6. The van der Waals surface area contributed by atoms with E-state index in [1.165, 1.54) is 44.9 Å². The van der Waals surface area contributed by atoms with E-state index in [1.807, 2.05) is 0 Å². The minimum absolute atomic E-state index is 0.0508. The summed E-state index contributed by atoms with van der Waals surface area (Å²) in [5.41, 5.74) is 5.04. The molecule has 0 aliphatic rings. The molecule has 0 radical (unpaired) electrons. The minimum atomic E-state index is -1.31. The Balaban J connectivity index is 3.36. The van der Waals surface area contributed by atoms with Crippen LogP contribution in [-0.2, 0) is 9.59 Å². The summed E-state index contributed by atoms with van der Waals surface area (Å²) in [7, 11) is -1.31. The number of hydrogen-bond acceptors (Lipinski definition) is 3. The predicted molar refractivity (Wildman–Crippen MR) is 125 cm³/mol. The van der Waals surface area contributed by atoms with Crippen LogP contribution in [0, 0.1) is 0 Å². The highest BCUT2D eigenvalue weighted by molar-refractivity contribution is 7.52. The third-order valence-electron chi connectivity index (χ3n) is 4.61. The van der Waals surface area contributed by atoms with Crippen LogP contribution in [-0.4, -0.2) is 35.6 Å². The van der Waals surface area contributed by atoms with Gasteiger partial charge in [0.2, 0.25) is 11.8 Å². The van der Waals surface area contributed by atoms with Crippen LogP contribution in [0.2, 0.25) is 0 Å². The highest BCUT2D eigenvalue weighted by Crippen LogP contribution is 2.29. The molecule has 1 unspecified atom stereocenters. The largest absolute Gasteiger partial charge is 0.373 e. The second-order valence-electron chi connectivity index (χ2n) is 7.54. The first-order chi connectivity index (χ1) is 14.1. The Morgan fingerprint density at radius 1 is 0.897 bits per heavy atom. The molecule has 29 heavy (non-hydrogen) atoms. The van der Waals surface area contributed by atoms with E-state index >= 15 is 0 Å². The molecule has 6 heteroatoms. The van der Waals surface area contributed by atoms with E-state index in [9.17, 15) is 14.5 Å². The average Bonchev–Trinajstić information content (AvgIpc) is 2.67. The van der Waals surface area contributed by atoms with Crippen molar-refractivity contribution in [2.24, 2.45) is 5.73 Å². The van der Waals surface area contributed by atoms with Crippen LogP contribution in [0.4, 0.5) is 0 Å². The van der Waals surface area contributed by atoms with E-state index in [-0.39, 0.29) is 12.1 Å². The monoisotopic (exact) mass is 426 g/mol. The molecule has 168 valence electrons. The number of unbranched alkanes of at least 4 members (excludes halogenated alkanes) is 8. The van der Waals surface area contributed by atoms with Crippen LogP contribution in [0.5, 0.6) is 0 Å². The van der Waals surface area contributed by atoms with Crippen molar-refractivity contribution in [2.75, 3.05) is 18.9 Å². The topological polar surface area (TPSA) is 92.4 Å². The van der Waals surface area contributed by atoms with Gasteiger partial charge in [0.25, 0.3) is 0 Å². The maximum absolute atomic E-state index is 11.7. The first-order valence-electron chi connectivity index (χ1n) is 11.3. The highest BCUT2D eigenvalue weighted by atomic mass is 31.1. The van der Waals surface area contributed by atoms with E-state index in [2.05, 4.69) is 36.5 Å². The molecule has 5 nitrogen and oxygen atoms in total. The van der Waals surface area contributed by atoms with Gasteiger partial charge in [-0.1, -0.05) is 63.3 Å². The summed E-state index contributed by atoms with van der Waals surface area (Å²) in [6.07, 6.45) is 23.9. The fourth-order valence-corrected chi connectivity index (χ4v) is 3.97. The van der Waals surface area contributed by atoms with Gasteiger partial charge in [0.05, 0.1) is 6.16 Å². The van der Waals surface area contributed by atoms with Gasteiger partial charge in [0.15, 0.2) is 0 Å². The molecular weight excluding hydrogens is 383 g/mol. The number of rotatable bonds is 20. The van der Waals surface area contributed by atoms with E-state index in [1.54, 1.807) is 0 Å². The molecule has 0 heterocycles. The number of primary amides is 1. The molecule has 4 N–H and O–H groups in total. The van der Waals surface area contributed by atoms with E-state index in [0.717, 1.165) is 25.7 Å². The Hall–Kier alpha value is -1.19. The Kier molecular flexibility index (Phi) is 20.6. The van der Waals surface area contributed by atoms with Gasteiger partial charge >= 0.3 is 0 Å². The van der Waals surface area contributed by atoms with Crippen molar-refractivity contribution in [1.82, 2.24) is 5.32 Å². The summed E-state index contributed by atoms with van der Waals surface area (Å²) in [6, 6.07) is 0. The first kappa shape index (κ1) is 27.8. The lowest BCUT2D eigenvalue weighted by Crippen LogP contribution is -2.24. The molecular formula is C23H43N2O3P. The van der Waals surface area contributed by atoms with Gasteiger partial charge in [-0.05, 0) is 51.1 Å². The van der Waals surface area contributed by atoms with Crippen molar-refractivity contribution >= 4 is 20.0 Å². The SMILES string of the molecule is CCCCCC=CCC=CCCCCCCCC(=O)NCCCP(O)CC(N)=O. The zero-order valence-electron chi connectivity index (χ0n) is 18.4. The number of allylic oxidation sites excluding steroid dienone is 4. The summed E-state index contributed by atoms with van der Waals surface area (Å²) in [6.45, 7) is 2.79. The highest BCUT2D eigenvalue weighted by Gasteiger charge is 2.07. The summed E-state index contributed by atoms with van der Waals surface area (Å²) in [5.74, 6) is -0.392. The maximum atomic E-state index is 11.7. The number of amides is 2. The van der Waals surface area contributed by atoms with E-state index in [4.69, 9.17) is 5.73 Å². The molecule has 2 amide bonds. The van der Waals surface area contributed by atoms with Crippen LogP contribution >= 0.6 is 8.15 Å². The van der Waals surface area contributed by atoms with E-state index < -0.39 is 14.1 Å². The van der Waals surface area contributed by atoms with Crippen molar-refractivity contribution in [3.8, 4) is 0 Å². The third-order valence-corrected chi connectivity index (χ3v) is 6.12. The number of carbonyl (C=O) groups excluding carboxylic acids is 2. The van der Waals surface area contributed by atoms with Crippen molar-refractivity contribution in [2.45, 2.75) is 90.4 Å². The lowest BCUT2D eigenvalue weighted by Gasteiger charge is -2.09. The van der Waals surface area contributed by atoms with Crippen LogP contribution < -0.4 is 11.1 Å². The molecule has 0 aromatic carbocycles. The molecule has 0 spiro atoms. The lowest BCUT2D eigenvalue weighted by atomic mass is 10.1. The second kappa shape index (κ2) is 21.5. The van der Waals surface area contributed by atoms with E-state index in [0.29, 0.717) is 25.5 Å². The number of nitrogens with two attached hydrogens (primary N) is 1. The quantitative estimate of drug-likeness (QED) is 0.142. The minimum Gasteiger partial charge on any atom is -0.373 e.